The van der Waals surface area contributed by atoms with Crippen molar-refractivity contribution in [3.8, 4) is 18.1 Å². The van der Waals surface area contributed by atoms with Gasteiger partial charge in [0.25, 0.3) is 0 Å². The molecule has 1 aromatic carbocycles. The van der Waals surface area contributed by atoms with Crippen molar-refractivity contribution in [1.82, 2.24) is 5.32 Å². The number of phenolic OH excluding ortho intramolecular Hbond substituents is 1. The Hall–Kier alpha value is -1.99. The number of terminal acetylenes is 1. The highest BCUT2D eigenvalue weighted by Gasteiger charge is 2.04. The molecule has 0 saturated carbocycles. The average molecular weight is 218 g/mol. The highest BCUT2D eigenvalue weighted by Crippen LogP contribution is 2.19. The highest BCUT2D eigenvalue weighted by atomic mass is 16.3. The molecule has 1 rings (SSSR count). The number of phenols is 1. The highest BCUT2D eigenvalue weighted by molar-refractivity contribution is 5.93. The third-order valence-corrected chi connectivity index (χ3v) is 2.00. The predicted molar refractivity (Wildman–Crippen MR) is 63.2 cm³/mol. The summed E-state index contributed by atoms with van der Waals surface area (Å²) in [5.41, 5.74) is 1.50. The monoisotopic (exact) mass is 218 g/mol. The SMILES string of the molecule is C#CCNCC(=O)Nc1ccc(O)cc1C. The minimum Gasteiger partial charge on any atom is -0.508 e. The normalized spacial score (nSPS) is 9.50. The van der Waals surface area contributed by atoms with Crippen LogP contribution in [0.3, 0.4) is 0 Å². The fourth-order valence-electron chi connectivity index (χ4n) is 1.23. The van der Waals surface area contributed by atoms with Crippen molar-refractivity contribution in [2.45, 2.75) is 6.92 Å². The molecule has 1 amide bonds. The van der Waals surface area contributed by atoms with Crippen LogP contribution in [-0.4, -0.2) is 24.1 Å². The zero-order valence-corrected chi connectivity index (χ0v) is 9.08. The molecule has 1 aromatic rings. The molecule has 0 radical (unpaired) electrons. The first-order chi connectivity index (χ1) is 7.63. The summed E-state index contributed by atoms with van der Waals surface area (Å²) in [5, 5.41) is 14.7. The lowest BCUT2D eigenvalue weighted by Gasteiger charge is -2.08. The smallest absolute Gasteiger partial charge is 0.238 e. The summed E-state index contributed by atoms with van der Waals surface area (Å²) >= 11 is 0. The van der Waals surface area contributed by atoms with E-state index in [2.05, 4.69) is 16.6 Å². The van der Waals surface area contributed by atoms with Crippen LogP contribution in [0.1, 0.15) is 5.56 Å². The average Bonchev–Trinajstić information content (AvgIpc) is 2.23. The number of carbonyl (C=O) groups excluding carboxylic acids is 1. The molecule has 0 aromatic heterocycles. The van der Waals surface area contributed by atoms with Gasteiger partial charge in [-0.3, -0.25) is 10.1 Å². The van der Waals surface area contributed by atoms with Gasteiger partial charge in [-0.05, 0) is 30.7 Å². The number of carbonyl (C=O) groups is 1. The number of aromatic hydroxyl groups is 1. The van der Waals surface area contributed by atoms with Crippen molar-refractivity contribution in [3.63, 3.8) is 0 Å². The van der Waals surface area contributed by atoms with Crippen LogP contribution in [0.4, 0.5) is 5.69 Å². The van der Waals surface area contributed by atoms with Crippen LogP contribution in [-0.2, 0) is 4.79 Å². The van der Waals surface area contributed by atoms with Gasteiger partial charge in [-0.1, -0.05) is 5.92 Å². The minimum atomic E-state index is -0.163. The van der Waals surface area contributed by atoms with E-state index in [1.165, 1.54) is 6.07 Å². The van der Waals surface area contributed by atoms with E-state index in [1.807, 2.05) is 6.92 Å². The van der Waals surface area contributed by atoms with Crippen molar-refractivity contribution in [3.05, 3.63) is 23.8 Å². The van der Waals surface area contributed by atoms with E-state index < -0.39 is 0 Å². The molecule has 0 aliphatic heterocycles. The summed E-state index contributed by atoms with van der Waals surface area (Å²) in [5.74, 6) is 2.40. The molecule has 0 atom stereocenters. The van der Waals surface area contributed by atoms with E-state index in [9.17, 15) is 9.90 Å². The summed E-state index contributed by atoms with van der Waals surface area (Å²) < 4.78 is 0. The van der Waals surface area contributed by atoms with E-state index in [4.69, 9.17) is 6.42 Å². The van der Waals surface area contributed by atoms with Crippen molar-refractivity contribution in [1.29, 1.82) is 0 Å². The first-order valence-corrected chi connectivity index (χ1v) is 4.87. The number of hydrogen-bond acceptors (Lipinski definition) is 3. The maximum atomic E-state index is 11.4. The second-order valence-electron chi connectivity index (χ2n) is 3.36. The Morgan fingerprint density at radius 1 is 1.56 bits per heavy atom. The molecule has 0 spiro atoms. The Morgan fingerprint density at radius 2 is 2.31 bits per heavy atom. The van der Waals surface area contributed by atoms with Crippen molar-refractivity contribution < 1.29 is 9.90 Å². The quantitative estimate of drug-likeness (QED) is 0.399. The number of aryl methyl sites for hydroxylation is 1. The molecule has 0 saturated heterocycles. The number of rotatable bonds is 4. The molecule has 0 aliphatic rings. The fraction of sp³-hybridized carbons (Fsp3) is 0.250. The van der Waals surface area contributed by atoms with Crippen molar-refractivity contribution in [2.24, 2.45) is 0 Å². The van der Waals surface area contributed by atoms with E-state index in [0.29, 0.717) is 12.2 Å². The molecule has 16 heavy (non-hydrogen) atoms. The van der Waals surface area contributed by atoms with E-state index in [-0.39, 0.29) is 18.2 Å². The Morgan fingerprint density at radius 3 is 2.94 bits per heavy atom. The standard InChI is InChI=1S/C12H14N2O2/c1-3-6-13-8-12(16)14-11-5-4-10(15)7-9(11)2/h1,4-5,7,13,15H,6,8H2,2H3,(H,14,16). The number of hydrogen-bond donors (Lipinski definition) is 3. The third kappa shape index (κ3) is 3.64. The molecule has 0 heterocycles. The van der Waals surface area contributed by atoms with Crippen LogP contribution in [0, 0.1) is 19.3 Å². The third-order valence-electron chi connectivity index (χ3n) is 2.00. The van der Waals surface area contributed by atoms with Crippen LogP contribution in [0.25, 0.3) is 0 Å². The van der Waals surface area contributed by atoms with Gasteiger partial charge in [0.15, 0.2) is 0 Å². The minimum absolute atomic E-state index is 0.163. The molecular weight excluding hydrogens is 204 g/mol. The second-order valence-corrected chi connectivity index (χ2v) is 3.36. The molecule has 0 fully saturated rings. The summed E-state index contributed by atoms with van der Waals surface area (Å²) in [4.78, 5) is 11.4. The Labute approximate surface area is 94.7 Å². The van der Waals surface area contributed by atoms with Crippen LogP contribution >= 0.6 is 0 Å². The number of anilines is 1. The zero-order valence-electron chi connectivity index (χ0n) is 9.08. The summed E-state index contributed by atoms with van der Waals surface area (Å²) in [6.07, 6.45) is 5.04. The van der Waals surface area contributed by atoms with Gasteiger partial charge in [0.05, 0.1) is 13.1 Å². The van der Waals surface area contributed by atoms with Crippen molar-refractivity contribution >= 4 is 11.6 Å². The molecule has 0 bridgehead atoms. The molecule has 4 heteroatoms. The van der Waals surface area contributed by atoms with Gasteiger partial charge in [-0.2, -0.15) is 0 Å². The summed E-state index contributed by atoms with van der Waals surface area (Å²) in [7, 11) is 0. The van der Waals surface area contributed by atoms with Crippen molar-refractivity contribution in [2.75, 3.05) is 18.4 Å². The van der Waals surface area contributed by atoms with Crippen LogP contribution in [0.15, 0.2) is 18.2 Å². The van der Waals surface area contributed by atoms with Crippen LogP contribution < -0.4 is 10.6 Å². The second kappa shape index (κ2) is 5.79. The van der Waals surface area contributed by atoms with E-state index in [0.717, 1.165) is 5.56 Å². The molecule has 4 nitrogen and oxygen atoms in total. The van der Waals surface area contributed by atoms with E-state index >= 15 is 0 Å². The topological polar surface area (TPSA) is 61.4 Å². The number of amides is 1. The zero-order chi connectivity index (χ0) is 12.0. The summed E-state index contributed by atoms with van der Waals surface area (Å²) in [6.45, 7) is 2.34. The lowest BCUT2D eigenvalue weighted by molar-refractivity contribution is -0.115. The van der Waals surface area contributed by atoms with Gasteiger partial charge in [0, 0.05) is 5.69 Å². The van der Waals surface area contributed by atoms with Gasteiger partial charge in [0.1, 0.15) is 5.75 Å². The molecule has 3 N–H and O–H groups in total. The van der Waals surface area contributed by atoms with Crippen LogP contribution in [0.2, 0.25) is 0 Å². The predicted octanol–water partition coefficient (Wildman–Crippen LogP) is 0.862. The molecule has 0 unspecified atom stereocenters. The Bertz CT molecular complexity index is 422. The largest absolute Gasteiger partial charge is 0.508 e. The summed E-state index contributed by atoms with van der Waals surface area (Å²) in [6, 6.07) is 4.77. The molecule has 0 aliphatic carbocycles. The van der Waals surface area contributed by atoms with Gasteiger partial charge in [0.2, 0.25) is 5.91 Å². The molecular formula is C12H14N2O2. The number of benzene rings is 1. The maximum absolute atomic E-state index is 11.4. The van der Waals surface area contributed by atoms with Gasteiger partial charge >= 0.3 is 0 Å². The fourth-order valence-corrected chi connectivity index (χ4v) is 1.23. The van der Waals surface area contributed by atoms with E-state index in [1.54, 1.807) is 12.1 Å². The first kappa shape index (κ1) is 12.1. The molecule has 84 valence electrons. The Kier molecular flexibility index (Phi) is 4.37. The van der Waals surface area contributed by atoms with Gasteiger partial charge < -0.3 is 10.4 Å². The lowest BCUT2D eigenvalue weighted by Crippen LogP contribution is -2.28. The number of nitrogens with one attached hydrogen (secondary N) is 2. The maximum Gasteiger partial charge on any atom is 0.238 e. The lowest BCUT2D eigenvalue weighted by atomic mass is 10.2. The van der Waals surface area contributed by atoms with Gasteiger partial charge in [-0.15, -0.1) is 6.42 Å². The van der Waals surface area contributed by atoms with Gasteiger partial charge in [-0.25, -0.2) is 0 Å². The van der Waals surface area contributed by atoms with Crippen LogP contribution in [0.5, 0.6) is 5.75 Å². The first-order valence-electron chi connectivity index (χ1n) is 4.87. The Balaban J connectivity index is 2.53.